The zero-order valence-electron chi connectivity index (χ0n) is 27.3. The number of carbonyl (C=O) groups is 1. The van der Waals surface area contributed by atoms with Crippen molar-refractivity contribution < 1.29 is 37.7 Å². The Morgan fingerprint density at radius 2 is 1.63 bits per heavy atom. The maximum absolute atomic E-state index is 15.5. The van der Waals surface area contributed by atoms with Gasteiger partial charge in [0.15, 0.2) is 0 Å². The van der Waals surface area contributed by atoms with Crippen molar-refractivity contribution >= 4 is 33.5 Å². The summed E-state index contributed by atoms with van der Waals surface area (Å²) in [5, 5.41) is 20.3. The van der Waals surface area contributed by atoms with E-state index in [1.807, 2.05) is 4.90 Å². The number of hydrogen-bond donors (Lipinski definition) is 2. The molecule has 1 aliphatic heterocycles. The minimum Gasteiger partial charge on any atom is -0.507 e. The summed E-state index contributed by atoms with van der Waals surface area (Å²) in [6.07, 6.45) is 2.52. The van der Waals surface area contributed by atoms with Crippen molar-refractivity contribution in [1.82, 2.24) is 9.47 Å². The van der Waals surface area contributed by atoms with Crippen LogP contribution >= 0.6 is 0 Å². The van der Waals surface area contributed by atoms with Gasteiger partial charge in [-0.3, -0.25) is 14.5 Å². The van der Waals surface area contributed by atoms with Gasteiger partial charge in [0.25, 0.3) is 0 Å². The number of aromatic nitrogens is 1. The molecule has 1 fully saturated rings. The Balaban J connectivity index is 1.03. The molecule has 13 heteroatoms. The van der Waals surface area contributed by atoms with E-state index in [2.05, 4.69) is 4.90 Å². The lowest BCUT2D eigenvalue weighted by Gasteiger charge is -2.36. The maximum Gasteiger partial charge on any atom is 0.341 e. The Labute approximate surface area is 288 Å². The number of piperazine rings is 1. The summed E-state index contributed by atoms with van der Waals surface area (Å²) in [5.41, 5.74) is 0.322. The number of nitrogens with zero attached hydrogens (tertiary/aromatic N) is 3. The van der Waals surface area contributed by atoms with E-state index in [1.165, 1.54) is 53.4 Å². The van der Waals surface area contributed by atoms with Crippen molar-refractivity contribution in [3.05, 3.63) is 123 Å². The highest BCUT2D eigenvalue weighted by Gasteiger charge is 2.23. The highest BCUT2D eigenvalue weighted by atomic mass is 19.1. The third-order valence-electron chi connectivity index (χ3n) is 9.03. The smallest absolute Gasteiger partial charge is 0.341 e. The topological polar surface area (TPSA) is 135 Å². The molecule has 51 heavy (non-hydrogen) atoms. The molecular weight excluding hydrogens is 664 g/mol. The van der Waals surface area contributed by atoms with E-state index in [9.17, 15) is 29.0 Å². The molecule has 0 spiro atoms. The molecule has 1 aliphatic rings. The third-order valence-corrected chi connectivity index (χ3v) is 9.03. The van der Waals surface area contributed by atoms with Crippen molar-refractivity contribution in [1.29, 1.82) is 0 Å². The van der Waals surface area contributed by atoms with Crippen molar-refractivity contribution in [2.75, 3.05) is 51.3 Å². The first kappa shape index (κ1) is 33.3. The van der Waals surface area contributed by atoms with Crippen LogP contribution in [0.1, 0.15) is 10.4 Å². The number of aromatic hydroxyl groups is 1. The number of pyridine rings is 1. The number of halogens is 2. The van der Waals surface area contributed by atoms with E-state index in [4.69, 9.17) is 13.9 Å². The molecule has 2 N–H and O–H groups in total. The standard InChI is InChI=1S/C38H31F2N3O8/c1-49-25-8-2-22(3-9-25)29-21-51-34-17-26(16-33(44)35(34)37(29)46)50-15-14-41-10-12-42(13-11-41)32-19-31-27(18-30(32)40)36(45)28(38(47)48)20-43(31)24-6-4-23(39)5-7-24/h2-9,16-21,44H,10-15H2,1H3,(H,47,48). The van der Waals surface area contributed by atoms with Gasteiger partial charge in [-0.05, 0) is 54.1 Å². The number of rotatable bonds is 9. The number of phenols is 1. The zero-order chi connectivity index (χ0) is 35.8. The SMILES string of the molecule is COc1ccc(-c2coc3cc(OCCN4CCN(c5cc6c(cc5F)c(=O)c(C(=O)O)cn6-c5ccc(F)cc5)CC4)cc(O)c3c2=O)cc1. The summed E-state index contributed by atoms with van der Waals surface area (Å²) in [7, 11) is 1.55. The number of anilines is 1. The fraction of sp³-hybridized carbons (Fsp3) is 0.184. The number of ether oxygens (including phenoxy) is 2. The molecule has 11 nitrogen and oxygen atoms in total. The molecule has 2 aromatic heterocycles. The normalized spacial score (nSPS) is 13.5. The molecular formula is C38H31F2N3O8. The van der Waals surface area contributed by atoms with Crippen LogP contribution in [0.15, 0.2) is 99.3 Å². The molecule has 0 bridgehead atoms. The van der Waals surface area contributed by atoms with Gasteiger partial charge in [-0.25, -0.2) is 13.6 Å². The van der Waals surface area contributed by atoms with Crippen molar-refractivity contribution in [2.24, 2.45) is 0 Å². The lowest BCUT2D eigenvalue weighted by molar-refractivity contribution is 0.0695. The van der Waals surface area contributed by atoms with E-state index in [1.54, 1.807) is 37.4 Å². The Kier molecular flexibility index (Phi) is 8.88. The van der Waals surface area contributed by atoms with Crippen LogP contribution in [-0.2, 0) is 0 Å². The molecule has 1 saturated heterocycles. The summed E-state index contributed by atoms with van der Waals surface area (Å²) in [6, 6.07) is 17.8. The fourth-order valence-corrected chi connectivity index (χ4v) is 6.31. The summed E-state index contributed by atoms with van der Waals surface area (Å²) in [4.78, 5) is 42.0. The van der Waals surface area contributed by atoms with Crippen LogP contribution < -0.4 is 25.2 Å². The van der Waals surface area contributed by atoms with Crippen LogP contribution in [0.2, 0.25) is 0 Å². The second-order valence-electron chi connectivity index (χ2n) is 12.0. The van der Waals surface area contributed by atoms with E-state index < -0.39 is 28.6 Å². The third kappa shape index (κ3) is 6.46. The molecule has 0 saturated carbocycles. The predicted octanol–water partition coefficient (Wildman–Crippen LogP) is 5.66. The second-order valence-corrected chi connectivity index (χ2v) is 12.0. The zero-order valence-corrected chi connectivity index (χ0v) is 27.3. The molecule has 0 aliphatic carbocycles. The largest absolute Gasteiger partial charge is 0.507 e. The van der Waals surface area contributed by atoms with Crippen molar-refractivity contribution in [3.8, 4) is 34.1 Å². The van der Waals surface area contributed by atoms with E-state index in [0.29, 0.717) is 61.0 Å². The number of aromatic carboxylic acids is 1. The first-order chi connectivity index (χ1) is 24.6. The Morgan fingerprint density at radius 1 is 0.902 bits per heavy atom. The molecule has 0 radical (unpaired) electrons. The molecule has 3 heterocycles. The van der Waals surface area contributed by atoms with Gasteiger partial charge in [0, 0.05) is 62.1 Å². The number of methoxy groups -OCH3 is 1. The summed E-state index contributed by atoms with van der Waals surface area (Å²) < 4.78 is 47.4. The van der Waals surface area contributed by atoms with Gasteiger partial charge in [-0.15, -0.1) is 0 Å². The van der Waals surface area contributed by atoms with Crippen molar-refractivity contribution in [3.63, 3.8) is 0 Å². The highest BCUT2D eigenvalue weighted by molar-refractivity contribution is 5.94. The summed E-state index contributed by atoms with van der Waals surface area (Å²) in [6.45, 7) is 2.82. The quantitative estimate of drug-likeness (QED) is 0.195. The predicted molar refractivity (Wildman–Crippen MR) is 187 cm³/mol. The van der Waals surface area contributed by atoms with Gasteiger partial charge in [0.1, 0.15) is 58.3 Å². The van der Waals surface area contributed by atoms with E-state index in [0.717, 1.165) is 6.07 Å². The molecule has 4 aromatic carbocycles. The first-order valence-corrected chi connectivity index (χ1v) is 16.0. The van der Waals surface area contributed by atoms with Crippen molar-refractivity contribution in [2.45, 2.75) is 0 Å². The van der Waals surface area contributed by atoms with Gasteiger partial charge in [0.05, 0.1) is 23.9 Å². The summed E-state index contributed by atoms with van der Waals surface area (Å²) in [5.74, 6) is -1.89. The number of hydrogen-bond acceptors (Lipinski definition) is 9. The first-order valence-electron chi connectivity index (χ1n) is 16.0. The van der Waals surface area contributed by atoms with Crippen LogP contribution in [0, 0.1) is 11.6 Å². The fourth-order valence-electron chi connectivity index (χ4n) is 6.31. The maximum atomic E-state index is 15.5. The number of phenolic OH excluding ortho intramolecular Hbond substituents is 1. The molecule has 6 aromatic rings. The second kappa shape index (κ2) is 13.6. The minimum atomic E-state index is -1.45. The van der Waals surface area contributed by atoms with Gasteiger partial charge in [-0.1, -0.05) is 12.1 Å². The molecule has 0 unspecified atom stereocenters. The number of fused-ring (bicyclic) bond motifs is 2. The molecule has 0 amide bonds. The van der Waals surface area contributed by atoms with E-state index in [-0.39, 0.29) is 45.3 Å². The van der Waals surface area contributed by atoms with Crippen LogP contribution in [-0.4, -0.2) is 72.1 Å². The Morgan fingerprint density at radius 3 is 2.31 bits per heavy atom. The average molecular weight is 696 g/mol. The lowest BCUT2D eigenvalue weighted by atomic mass is 10.0. The summed E-state index contributed by atoms with van der Waals surface area (Å²) >= 11 is 0. The van der Waals surface area contributed by atoms with Crippen LogP contribution in [0.25, 0.3) is 38.7 Å². The molecule has 260 valence electrons. The highest BCUT2D eigenvalue weighted by Crippen LogP contribution is 2.31. The molecule has 7 rings (SSSR count). The number of carboxylic acids is 1. The van der Waals surface area contributed by atoms with Crippen LogP contribution in [0.5, 0.6) is 17.2 Å². The van der Waals surface area contributed by atoms with Crippen LogP contribution in [0.4, 0.5) is 14.5 Å². The van der Waals surface area contributed by atoms with Crippen LogP contribution in [0.3, 0.4) is 0 Å². The van der Waals surface area contributed by atoms with Gasteiger partial charge >= 0.3 is 5.97 Å². The van der Waals surface area contributed by atoms with Gasteiger partial charge in [-0.2, -0.15) is 0 Å². The number of benzene rings is 4. The number of carboxylic acid groups (broad SMARTS) is 1. The Bertz CT molecular complexity index is 2400. The van der Waals surface area contributed by atoms with E-state index >= 15 is 4.39 Å². The van der Waals surface area contributed by atoms with Gasteiger partial charge in [0.2, 0.25) is 10.9 Å². The lowest BCUT2D eigenvalue weighted by Crippen LogP contribution is -2.47. The Hall–Kier alpha value is -6.21. The molecule has 0 atom stereocenters. The van der Waals surface area contributed by atoms with Gasteiger partial charge < -0.3 is 33.6 Å². The monoisotopic (exact) mass is 695 g/mol. The minimum absolute atomic E-state index is 0.0460. The average Bonchev–Trinajstić information content (AvgIpc) is 3.12.